The zero-order valence-electron chi connectivity index (χ0n) is 10.4. The van der Waals surface area contributed by atoms with Gasteiger partial charge in [-0.2, -0.15) is 0 Å². The molecule has 0 atom stereocenters. The number of pyridine rings is 1. The van der Waals surface area contributed by atoms with E-state index in [1.165, 1.54) is 5.56 Å². The van der Waals surface area contributed by atoms with Gasteiger partial charge in [-0.25, -0.2) is 4.98 Å². The predicted octanol–water partition coefficient (Wildman–Crippen LogP) is 5.21. The van der Waals surface area contributed by atoms with Gasteiger partial charge < -0.3 is 0 Å². The van der Waals surface area contributed by atoms with Gasteiger partial charge in [0.25, 0.3) is 0 Å². The second-order valence-corrected chi connectivity index (χ2v) is 7.03. The molecule has 0 aliphatic rings. The summed E-state index contributed by atoms with van der Waals surface area (Å²) in [5.41, 5.74) is 3.33. The highest BCUT2D eigenvalue weighted by molar-refractivity contribution is 9.11. The minimum absolute atomic E-state index is 0.753. The molecule has 20 heavy (non-hydrogen) atoms. The summed E-state index contributed by atoms with van der Waals surface area (Å²) < 4.78 is 1.07. The second-order valence-electron chi connectivity index (χ2n) is 4.28. The Balaban J connectivity index is 1.88. The van der Waals surface area contributed by atoms with Crippen LogP contribution >= 0.6 is 38.9 Å². The van der Waals surface area contributed by atoms with Gasteiger partial charge in [-0.1, -0.05) is 23.7 Å². The predicted molar refractivity (Wildman–Crippen MR) is 87.3 cm³/mol. The van der Waals surface area contributed by atoms with Gasteiger partial charge in [0.1, 0.15) is 5.01 Å². The van der Waals surface area contributed by atoms with Gasteiger partial charge in [-0.15, -0.1) is 11.3 Å². The Morgan fingerprint density at radius 1 is 1.05 bits per heavy atom. The smallest absolute Gasteiger partial charge is 0.124 e. The minimum Gasteiger partial charge on any atom is -0.265 e. The maximum Gasteiger partial charge on any atom is 0.124 e. The number of aromatic nitrogens is 2. The normalized spacial score (nSPS) is 10.7. The fraction of sp³-hybridized carbons (Fsp3) is 0.0667. The number of hydrogen-bond donors (Lipinski definition) is 0. The first kappa shape index (κ1) is 13.7. The Bertz CT molecular complexity index is 710. The molecule has 2 aromatic heterocycles. The van der Waals surface area contributed by atoms with Gasteiger partial charge in [-0.3, -0.25) is 4.98 Å². The maximum atomic E-state index is 5.90. The molecule has 1 aromatic carbocycles. The van der Waals surface area contributed by atoms with Crippen LogP contribution in [0, 0.1) is 0 Å². The molecule has 3 aromatic rings. The molecule has 5 heteroatoms. The first-order chi connectivity index (χ1) is 9.72. The number of rotatable bonds is 3. The highest BCUT2D eigenvalue weighted by atomic mass is 79.9. The van der Waals surface area contributed by atoms with E-state index in [0.29, 0.717) is 0 Å². The van der Waals surface area contributed by atoms with Crippen molar-refractivity contribution in [2.45, 2.75) is 6.42 Å². The molecule has 0 fully saturated rings. The fourth-order valence-corrected chi connectivity index (χ4v) is 3.49. The van der Waals surface area contributed by atoms with Crippen molar-refractivity contribution < 1.29 is 0 Å². The standard InChI is InChI=1S/C15H10BrClN2S/c16-14-13(9-10-1-3-12(17)4-2-10)19-15(20-14)11-5-7-18-8-6-11/h1-8H,9H2. The van der Waals surface area contributed by atoms with Gasteiger partial charge in [0.2, 0.25) is 0 Å². The van der Waals surface area contributed by atoms with Crippen molar-refractivity contribution in [1.82, 2.24) is 9.97 Å². The molecule has 0 aliphatic heterocycles. The van der Waals surface area contributed by atoms with E-state index in [2.05, 4.69) is 20.9 Å². The molecule has 0 unspecified atom stereocenters. The monoisotopic (exact) mass is 364 g/mol. The summed E-state index contributed by atoms with van der Waals surface area (Å²) in [5, 5.41) is 1.76. The molecular weight excluding hydrogens is 356 g/mol. The topological polar surface area (TPSA) is 25.8 Å². The summed E-state index contributed by atoms with van der Waals surface area (Å²) in [6, 6.07) is 11.8. The van der Waals surface area contributed by atoms with Crippen LogP contribution in [0.1, 0.15) is 11.3 Å². The molecule has 0 N–H and O–H groups in total. The third-order valence-corrected chi connectivity index (χ3v) is 4.99. The summed E-state index contributed by atoms with van der Waals surface area (Å²) in [6.07, 6.45) is 4.35. The van der Waals surface area contributed by atoms with Gasteiger partial charge in [0.15, 0.2) is 0 Å². The van der Waals surface area contributed by atoms with Crippen molar-refractivity contribution >= 4 is 38.9 Å². The Morgan fingerprint density at radius 3 is 2.45 bits per heavy atom. The zero-order chi connectivity index (χ0) is 13.9. The van der Waals surface area contributed by atoms with E-state index < -0.39 is 0 Å². The van der Waals surface area contributed by atoms with Gasteiger partial charge >= 0.3 is 0 Å². The van der Waals surface area contributed by atoms with Crippen LogP contribution in [0.25, 0.3) is 10.6 Å². The van der Waals surface area contributed by atoms with Crippen LogP contribution in [0.15, 0.2) is 52.6 Å². The third kappa shape index (κ3) is 3.08. The molecule has 2 heterocycles. The van der Waals surface area contributed by atoms with Crippen LogP contribution in [0.4, 0.5) is 0 Å². The van der Waals surface area contributed by atoms with Crippen LogP contribution < -0.4 is 0 Å². The number of nitrogens with zero attached hydrogens (tertiary/aromatic N) is 2. The molecule has 0 bridgehead atoms. The van der Waals surface area contributed by atoms with E-state index in [1.807, 2.05) is 36.4 Å². The number of hydrogen-bond acceptors (Lipinski definition) is 3. The summed E-state index contributed by atoms with van der Waals surface area (Å²) in [7, 11) is 0. The van der Waals surface area contributed by atoms with E-state index in [4.69, 9.17) is 16.6 Å². The molecule has 0 saturated carbocycles. The van der Waals surface area contributed by atoms with E-state index in [1.54, 1.807) is 23.7 Å². The van der Waals surface area contributed by atoms with Crippen molar-refractivity contribution in [2.24, 2.45) is 0 Å². The first-order valence-corrected chi connectivity index (χ1v) is 8.01. The van der Waals surface area contributed by atoms with Crippen molar-refractivity contribution in [1.29, 1.82) is 0 Å². The van der Waals surface area contributed by atoms with E-state index in [0.717, 1.165) is 31.5 Å². The average molecular weight is 366 g/mol. The summed E-state index contributed by atoms with van der Waals surface area (Å²) in [4.78, 5) is 8.74. The zero-order valence-corrected chi connectivity index (χ0v) is 13.5. The molecule has 0 saturated heterocycles. The minimum atomic E-state index is 0.753. The second kappa shape index (κ2) is 6.04. The lowest BCUT2D eigenvalue weighted by molar-refractivity contribution is 1.10. The summed E-state index contributed by atoms with van der Waals surface area (Å²) in [5.74, 6) is 0. The van der Waals surface area contributed by atoms with E-state index in [-0.39, 0.29) is 0 Å². The van der Waals surface area contributed by atoms with Crippen molar-refractivity contribution in [3.05, 3.63) is 68.9 Å². The Labute approximate surface area is 134 Å². The van der Waals surface area contributed by atoms with Crippen LogP contribution in [0.3, 0.4) is 0 Å². The molecule has 3 rings (SSSR count). The van der Waals surface area contributed by atoms with E-state index in [9.17, 15) is 0 Å². The van der Waals surface area contributed by atoms with Crippen molar-refractivity contribution in [2.75, 3.05) is 0 Å². The lowest BCUT2D eigenvalue weighted by Crippen LogP contribution is -1.89. The highest BCUT2D eigenvalue weighted by Gasteiger charge is 2.11. The Morgan fingerprint density at radius 2 is 1.75 bits per heavy atom. The molecule has 100 valence electrons. The van der Waals surface area contributed by atoms with Gasteiger partial charge in [0, 0.05) is 29.4 Å². The number of halogens is 2. The third-order valence-electron chi connectivity index (χ3n) is 2.86. The molecule has 0 spiro atoms. The van der Waals surface area contributed by atoms with Crippen molar-refractivity contribution in [3.8, 4) is 10.6 Å². The molecule has 0 amide bonds. The molecule has 2 nitrogen and oxygen atoms in total. The van der Waals surface area contributed by atoms with Crippen LogP contribution in [-0.2, 0) is 6.42 Å². The fourth-order valence-electron chi connectivity index (χ4n) is 1.86. The summed E-state index contributed by atoms with van der Waals surface area (Å²) in [6.45, 7) is 0. The Kier molecular flexibility index (Phi) is 4.15. The van der Waals surface area contributed by atoms with Gasteiger partial charge in [0.05, 0.1) is 9.48 Å². The van der Waals surface area contributed by atoms with Crippen LogP contribution in [0.5, 0.6) is 0 Å². The van der Waals surface area contributed by atoms with Gasteiger partial charge in [-0.05, 0) is 45.8 Å². The lowest BCUT2D eigenvalue weighted by Gasteiger charge is -1.99. The largest absolute Gasteiger partial charge is 0.265 e. The maximum absolute atomic E-state index is 5.90. The molecular formula is C15H10BrClN2S. The summed E-state index contributed by atoms with van der Waals surface area (Å²) >= 11 is 11.1. The first-order valence-electron chi connectivity index (χ1n) is 6.02. The highest BCUT2D eigenvalue weighted by Crippen LogP contribution is 2.32. The number of thiazole rings is 1. The Hall–Kier alpha value is -1.23. The van der Waals surface area contributed by atoms with Crippen LogP contribution in [0.2, 0.25) is 5.02 Å². The lowest BCUT2D eigenvalue weighted by atomic mass is 10.1. The quantitative estimate of drug-likeness (QED) is 0.636. The van der Waals surface area contributed by atoms with Crippen molar-refractivity contribution in [3.63, 3.8) is 0 Å². The SMILES string of the molecule is Clc1ccc(Cc2nc(-c3ccncc3)sc2Br)cc1. The molecule has 0 aliphatic carbocycles. The molecule has 0 radical (unpaired) electrons. The average Bonchev–Trinajstić information content (AvgIpc) is 2.84. The number of benzene rings is 1. The van der Waals surface area contributed by atoms with Crippen LogP contribution in [-0.4, -0.2) is 9.97 Å². The van der Waals surface area contributed by atoms with E-state index >= 15 is 0 Å².